The van der Waals surface area contributed by atoms with Gasteiger partial charge in [-0.1, -0.05) is 6.42 Å². The van der Waals surface area contributed by atoms with Crippen molar-refractivity contribution in [2.24, 2.45) is 0 Å². The number of hydrogen-bond donors (Lipinski definition) is 1. The van der Waals surface area contributed by atoms with Crippen LogP contribution in [0.15, 0.2) is 22.8 Å². The standard InChI is InChI=1S/C11H14BrClN2O/c12-9-4-5-10(15-8-9)11(16)14-7-3-1-2-6-13/h4-5,8H,1-3,6-7H2,(H,14,16). The molecule has 16 heavy (non-hydrogen) atoms. The summed E-state index contributed by atoms with van der Waals surface area (Å²) in [5.41, 5.74) is 0.445. The lowest BCUT2D eigenvalue weighted by Crippen LogP contribution is -2.25. The van der Waals surface area contributed by atoms with Crippen molar-refractivity contribution in [3.05, 3.63) is 28.5 Å². The van der Waals surface area contributed by atoms with E-state index >= 15 is 0 Å². The molecule has 0 saturated heterocycles. The first-order chi connectivity index (χ1) is 7.74. The van der Waals surface area contributed by atoms with Crippen molar-refractivity contribution >= 4 is 33.4 Å². The van der Waals surface area contributed by atoms with Crippen LogP contribution in [0, 0.1) is 0 Å². The third-order valence-corrected chi connectivity index (χ3v) is 2.79. The molecule has 88 valence electrons. The van der Waals surface area contributed by atoms with Gasteiger partial charge in [0.2, 0.25) is 0 Å². The van der Waals surface area contributed by atoms with Crippen LogP contribution in [-0.4, -0.2) is 23.3 Å². The van der Waals surface area contributed by atoms with Gasteiger partial charge in [-0.25, -0.2) is 4.98 Å². The molecule has 0 fully saturated rings. The molecule has 3 nitrogen and oxygen atoms in total. The zero-order valence-electron chi connectivity index (χ0n) is 8.88. The summed E-state index contributed by atoms with van der Waals surface area (Å²) in [7, 11) is 0. The van der Waals surface area contributed by atoms with E-state index in [2.05, 4.69) is 26.2 Å². The van der Waals surface area contributed by atoms with Crippen LogP contribution >= 0.6 is 27.5 Å². The fourth-order valence-corrected chi connectivity index (χ4v) is 1.62. The zero-order valence-corrected chi connectivity index (χ0v) is 11.2. The Hall–Kier alpha value is -0.610. The fraction of sp³-hybridized carbons (Fsp3) is 0.455. The van der Waals surface area contributed by atoms with E-state index < -0.39 is 0 Å². The molecule has 1 aromatic heterocycles. The second-order valence-corrected chi connectivity index (χ2v) is 4.66. The lowest BCUT2D eigenvalue weighted by Gasteiger charge is -2.03. The number of amides is 1. The summed E-state index contributed by atoms with van der Waals surface area (Å²) in [6.45, 7) is 0.674. The van der Waals surface area contributed by atoms with Gasteiger partial charge in [-0.05, 0) is 40.9 Å². The van der Waals surface area contributed by atoms with Gasteiger partial charge in [-0.3, -0.25) is 4.79 Å². The number of unbranched alkanes of at least 4 members (excludes halogenated alkanes) is 2. The second kappa shape index (κ2) is 7.63. The number of nitrogens with one attached hydrogen (secondary N) is 1. The van der Waals surface area contributed by atoms with E-state index in [1.54, 1.807) is 18.3 Å². The molecular formula is C11H14BrClN2O. The fourth-order valence-electron chi connectivity index (χ4n) is 1.20. The normalized spacial score (nSPS) is 10.1. The van der Waals surface area contributed by atoms with Crippen LogP contribution in [0.25, 0.3) is 0 Å². The molecule has 0 aromatic carbocycles. The van der Waals surface area contributed by atoms with Gasteiger partial charge in [0.1, 0.15) is 5.69 Å². The van der Waals surface area contributed by atoms with Gasteiger partial charge in [-0.15, -0.1) is 11.6 Å². The first-order valence-corrected chi connectivity index (χ1v) is 6.52. The van der Waals surface area contributed by atoms with Crippen molar-refractivity contribution in [2.75, 3.05) is 12.4 Å². The molecule has 1 aromatic rings. The Morgan fingerprint density at radius 3 is 2.81 bits per heavy atom. The summed E-state index contributed by atoms with van der Waals surface area (Å²) in [5.74, 6) is 0.556. The molecule has 0 saturated carbocycles. The van der Waals surface area contributed by atoms with Gasteiger partial charge in [0.25, 0.3) is 5.91 Å². The second-order valence-electron chi connectivity index (χ2n) is 3.37. The molecular weight excluding hydrogens is 291 g/mol. The van der Waals surface area contributed by atoms with E-state index in [-0.39, 0.29) is 5.91 Å². The summed E-state index contributed by atoms with van der Waals surface area (Å²) in [4.78, 5) is 15.6. The average molecular weight is 306 g/mol. The molecule has 1 N–H and O–H groups in total. The third-order valence-electron chi connectivity index (χ3n) is 2.06. The van der Waals surface area contributed by atoms with Gasteiger partial charge in [0, 0.05) is 23.1 Å². The molecule has 0 bridgehead atoms. The quantitative estimate of drug-likeness (QED) is 0.648. The highest BCUT2D eigenvalue weighted by molar-refractivity contribution is 9.10. The Kier molecular flexibility index (Phi) is 6.42. The first-order valence-electron chi connectivity index (χ1n) is 5.20. The topological polar surface area (TPSA) is 42.0 Å². The monoisotopic (exact) mass is 304 g/mol. The number of nitrogens with zero attached hydrogens (tertiary/aromatic N) is 1. The van der Waals surface area contributed by atoms with Gasteiger partial charge >= 0.3 is 0 Å². The Labute approximate surface area is 109 Å². The van der Waals surface area contributed by atoms with Crippen molar-refractivity contribution in [1.29, 1.82) is 0 Å². The first kappa shape index (κ1) is 13.5. The van der Waals surface area contributed by atoms with E-state index in [4.69, 9.17) is 11.6 Å². The smallest absolute Gasteiger partial charge is 0.269 e. The summed E-state index contributed by atoms with van der Waals surface area (Å²) >= 11 is 8.82. The molecule has 1 amide bonds. The van der Waals surface area contributed by atoms with Crippen molar-refractivity contribution in [2.45, 2.75) is 19.3 Å². The zero-order chi connectivity index (χ0) is 11.8. The van der Waals surface area contributed by atoms with E-state index in [0.29, 0.717) is 18.1 Å². The Bertz CT molecular complexity index is 329. The maximum atomic E-state index is 11.6. The largest absolute Gasteiger partial charge is 0.351 e. The molecule has 1 heterocycles. The molecule has 0 spiro atoms. The third kappa shape index (κ3) is 4.94. The van der Waals surface area contributed by atoms with Crippen LogP contribution in [0.3, 0.4) is 0 Å². The number of carbonyl (C=O) groups excluding carboxylic acids is 1. The number of pyridine rings is 1. The summed E-state index contributed by atoms with van der Waals surface area (Å²) in [5, 5.41) is 2.82. The molecule has 0 aliphatic rings. The summed E-state index contributed by atoms with van der Waals surface area (Å²) in [6.07, 6.45) is 4.60. The van der Waals surface area contributed by atoms with E-state index in [0.717, 1.165) is 23.7 Å². The van der Waals surface area contributed by atoms with E-state index in [9.17, 15) is 4.79 Å². The molecule has 0 aliphatic carbocycles. The highest BCUT2D eigenvalue weighted by Gasteiger charge is 2.05. The number of alkyl halides is 1. The van der Waals surface area contributed by atoms with Gasteiger partial charge in [0.15, 0.2) is 0 Å². The highest BCUT2D eigenvalue weighted by Crippen LogP contribution is 2.07. The van der Waals surface area contributed by atoms with Gasteiger partial charge in [0.05, 0.1) is 0 Å². The molecule has 5 heteroatoms. The highest BCUT2D eigenvalue weighted by atomic mass is 79.9. The van der Waals surface area contributed by atoms with Crippen LogP contribution in [0.2, 0.25) is 0 Å². The number of hydrogen-bond acceptors (Lipinski definition) is 2. The van der Waals surface area contributed by atoms with Crippen molar-refractivity contribution in [3.63, 3.8) is 0 Å². The lowest BCUT2D eigenvalue weighted by molar-refractivity contribution is 0.0948. The van der Waals surface area contributed by atoms with E-state index in [1.165, 1.54) is 0 Å². The van der Waals surface area contributed by atoms with Gasteiger partial charge < -0.3 is 5.32 Å². The summed E-state index contributed by atoms with van der Waals surface area (Å²) in [6, 6.07) is 3.49. The minimum Gasteiger partial charge on any atom is -0.351 e. The van der Waals surface area contributed by atoms with Crippen molar-refractivity contribution in [1.82, 2.24) is 10.3 Å². The predicted molar refractivity (Wildman–Crippen MR) is 68.8 cm³/mol. The number of carbonyl (C=O) groups is 1. The van der Waals surface area contributed by atoms with Crippen LogP contribution in [0.1, 0.15) is 29.8 Å². The number of rotatable bonds is 6. The summed E-state index contributed by atoms with van der Waals surface area (Å²) < 4.78 is 0.867. The van der Waals surface area contributed by atoms with E-state index in [1.807, 2.05) is 0 Å². The molecule has 0 unspecified atom stereocenters. The van der Waals surface area contributed by atoms with Gasteiger partial charge in [-0.2, -0.15) is 0 Å². The molecule has 0 aliphatic heterocycles. The van der Waals surface area contributed by atoms with Crippen LogP contribution in [0.4, 0.5) is 0 Å². The Balaban J connectivity index is 2.27. The minimum absolute atomic E-state index is 0.127. The molecule has 0 atom stereocenters. The maximum absolute atomic E-state index is 11.6. The Morgan fingerprint density at radius 1 is 1.38 bits per heavy atom. The van der Waals surface area contributed by atoms with Crippen LogP contribution < -0.4 is 5.32 Å². The average Bonchev–Trinajstić information content (AvgIpc) is 2.29. The van der Waals surface area contributed by atoms with Crippen LogP contribution in [-0.2, 0) is 0 Å². The maximum Gasteiger partial charge on any atom is 0.269 e. The minimum atomic E-state index is -0.127. The number of halogens is 2. The van der Waals surface area contributed by atoms with Crippen molar-refractivity contribution < 1.29 is 4.79 Å². The Morgan fingerprint density at radius 2 is 2.19 bits per heavy atom. The number of aromatic nitrogens is 1. The molecule has 0 radical (unpaired) electrons. The molecule has 1 rings (SSSR count). The van der Waals surface area contributed by atoms with Crippen LogP contribution in [0.5, 0.6) is 0 Å². The SMILES string of the molecule is O=C(NCCCCCCl)c1ccc(Br)cn1. The lowest BCUT2D eigenvalue weighted by atomic mass is 10.2. The predicted octanol–water partition coefficient (Wildman–Crippen LogP) is 2.98. The van der Waals surface area contributed by atoms with Crippen molar-refractivity contribution in [3.8, 4) is 0 Å².